The molecule has 144 valence electrons. The van der Waals surface area contributed by atoms with Crippen molar-refractivity contribution >= 4 is 31.6 Å². The third-order valence-corrected chi connectivity index (χ3v) is 4.41. The summed E-state index contributed by atoms with van der Waals surface area (Å²) in [6.07, 6.45) is 1.05. The highest BCUT2D eigenvalue weighted by Crippen LogP contribution is 1.89. The molecule has 0 spiro atoms. The fraction of sp³-hybridized carbons (Fsp3) is 1.00. The first kappa shape index (κ1) is 27.9. The number of nitrogens with zero attached hydrogens (tertiary/aromatic N) is 1. The second-order valence-corrected chi connectivity index (χ2v) is 8.58. The van der Waals surface area contributed by atoms with Crippen molar-refractivity contribution < 1.29 is 16.8 Å². The molecule has 0 atom stereocenters. The molecule has 8 nitrogen and oxygen atoms in total. The van der Waals surface area contributed by atoms with Crippen LogP contribution in [0.3, 0.4) is 0 Å². The van der Waals surface area contributed by atoms with Crippen LogP contribution in [-0.2, 0) is 20.0 Å². The topological polar surface area (TPSA) is 136 Å². The largest absolute Gasteiger partial charge is 0.320 e. The monoisotopic (exact) mass is 396 g/mol. The van der Waals surface area contributed by atoms with E-state index in [1.54, 1.807) is 0 Å². The summed E-state index contributed by atoms with van der Waals surface area (Å²) in [6, 6.07) is 0. The van der Waals surface area contributed by atoms with E-state index in [0.29, 0.717) is 18.7 Å². The summed E-state index contributed by atoms with van der Waals surface area (Å²) in [6.45, 7) is 6.88. The highest BCUT2D eigenvalue weighted by atomic mass is 35.5. The summed E-state index contributed by atoms with van der Waals surface area (Å²) >= 11 is 5.19. The molecule has 0 aliphatic rings. The Kier molecular flexibility index (Phi) is 20.4. The predicted molar refractivity (Wildman–Crippen MR) is 98.7 cm³/mol. The molecule has 0 aromatic carbocycles. The second kappa shape index (κ2) is 16.9. The zero-order valence-electron chi connectivity index (χ0n) is 14.6. The van der Waals surface area contributed by atoms with Crippen LogP contribution in [0.5, 0.6) is 0 Å². The number of nitrogens with one attached hydrogen (secondary N) is 1. The number of alkyl halides is 1. The Labute approximate surface area is 147 Å². The molecule has 0 radical (unpaired) electrons. The number of hydrogen-bond acceptors (Lipinski definition) is 6. The van der Waals surface area contributed by atoms with Crippen molar-refractivity contribution in [2.24, 2.45) is 10.3 Å². The number of primary sulfonamides is 2. The Morgan fingerprint density at radius 1 is 1.00 bits per heavy atom. The minimum atomic E-state index is -3.27. The van der Waals surface area contributed by atoms with Crippen LogP contribution in [0.4, 0.5) is 0 Å². The lowest BCUT2D eigenvalue weighted by Gasteiger charge is -2.12. The van der Waals surface area contributed by atoms with E-state index >= 15 is 0 Å². The Balaban J connectivity index is -0.000000292. The first-order valence-corrected chi connectivity index (χ1v) is 11.3. The highest BCUT2D eigenvalue weighted by Gasteiger charge is 2.02. The van der Waals surface area contributed by atoms with Crippen LogP contribution < -0.4 is 15.6 Å². The maximum absolute atomic E-state index is 10.5. The van der Waals surface area contributed by atoms with Gasteiger partial charge in [-0.25, -0.2) is 27.1 Å². The van der Waals surface area contributed by atoms with Gasteiger partial charge >= 0.3 is 0 Å². The molecule has 11 heteroatoms. The lowest BCUT2D eigenvalue weighted by atomic mass is 10.4. The molecule has 0 aromatic rings. The molecule has 0 aliphatic carbocycles. The van der Waals surface area contributed by atoms with Crippen molar-refractivity contribution in [2.75, 3.05) is 51.1 Å². The van der Waals surface area contributed by atoms with Gasteiger partial charge in [0.15, 0.2) is 0 Å². The highest BCUT2D eigenvalue weighted by molar-refractivity contribution is 7.89. The molecule has 0 aliphatic heterocycles. The third kappa shape index (κ3) is 39.1. The molecule has 0 rings (SSSR count). The zero-order chi connectivity index (χ0) is 18.9. The van der Waals surface area contributed by atoms with Crippen molar-refractivity contribution in [2.45, 2.75) is 26.7 Å². The molecule has 0 heterocycles. The van der Waals surface area contributed by atoms with Gasteiger partial charge in [-0.15, -0.1) is 11.6 Å². The van der Waals surface area contributed by atoms with E-state index in [0.717, 1.165) is 19.6 Å². The van der Waals surface area contributed by atoms with Crippen LogP contribution in [0.2, 0.25) is 0 Å². The maximum atomic E-state index is 10.5. The van der Waals surface area contributed by atoms with Crippen LogP contribution in [-0.4, -0.2) is 72.9 Å². The SMILES string of the molecule is CCN(C)CCCS(N)(=O)=O.CCNC.NS(=O)(=O)CCCCl. The van der Waals surface area contributed by atoms with E-state index in [4.69, 9.17) is 16.7 Å². The second-order valence-electron chi connectivity index (χ2n) is 4.73. The average molecular weight is 397 g/mol. The molecule has 0 amide bonds. The maximum Gasteiger partial charge on any atom is 0.209 e. The standard InChI is InChI=1S/C6H16N2O2S.C3H8ClNO2S.C3H9N/c1-3-8(2)5-4-6-11(7,9)10;4-2-1-3-8(5,6)7;1-3-4-2/h3-6H2,1-2H3,(H2,7,9,10);1-3H2,(H2,5,6,7);4H,3H2,1-2H3. The first-order valence-electron chi connectivity index (χ1n) is 7.33. The van der Waals surface area contributed by atoms with Crippen LogP contribution in [0, 0.1) is 0 Å². The third-order valence-electron chi connectivity index (χ3n) is 2.42. The molecule has 5 N–H and O–H groups in total. The van der Waals surface area contributed by atoms with Crippen molar-refractivity contribution in [1.29, 1.82) is 0 Å². The quantitative estimate of drug-likeness (QED) is 0.459. The van der Waals surface area contributed by atoms with Gasteiger partial charge in [-0.3, -0.25) is 0 Å². The lowest BCUT2D eigenvalue weighted by molar-refractivity contribution is 0.353. The van der Waals surface area contributed by atoms with Crippen LogP contribution in [0.15, 0.2) is 0 Å². The summed E-state index contributed by atoms with van der Waals surface area (Å²) in [4.78, 5) is 2.05. The van der Waals surface area contributed by atoms with Gasteiger partial charge in [0.2, 0.25) is 20.0 Å². The van der Waals surface area contributed by atoms with Gasteiger partial charge in [0, 0.05) is 5.88 Å². The van der Waals surface area contributed by atoms with E-state index in [1.807, 2.05) is 25.9 Å². The Bertz CT molecular complexity index is 442. The van der Waals surface area contributed by atoms with E-state index < -0.39 is 20.0 Å². The predicted octanol–water partition coefficient (Wildman–Crippen LogP) is -0.254. The Morgan fingerprint density at radius 3 is 1.61 bits per heavy atom. The minimum absolute atomic E-state index is 0.0174. The van der Waals surface area contributed by atoms with Gasteiger partial charge in [0.05, 0.1) is 11.5 Å². The van der Waals surface area contributed by atoms with Crippen LogP contribution in [0.25, 0.3) is 0 Å². The van der Waals surface area contributed by atoms with Gasteiger partial charge in [-0.1, -0.05) is 13.8 Å². The van der Waals surface area contributed by atoms with Crippen LogP contribution >= 0.6 is 11.6 Å². The Hall–Kier alpha value is 0.0300. The van der Waals surface area contributed by atoms with Crippen molar-refractivity contribution in [1.82, 2.24) is 10.2 Å². The molecule has 23 heavy (non-hydrogen) atoms. The van der Waals surface area contributed by atoms with Gasteiger partial charge in [-0.05, 0) is 46.6 Å². The molecule has 0 fully saturated rings. The molecular weight excluding hydrogens is 364 g/mol. The summed E-state index contributed by atoms with van der Waals surface area (Å²) < 4.78 is 41.1. The summed E-state index contributed by atoms with van der Waals surface area (Å²) in [7, 11) is -2.65. The summed E-state index contributed by atoms with van der Waals surface area (Å²) in [5, 5.41) is 12.4. The van der Waals surface area contributed by atoms with E-state index in [9.17, 15) is 16.8 Å². The molecule has 0 bridgehead atoms. The van der Waals surface area contributed by atoms with Crippen molar-refractivity contribution in [3.8, 4) is 0 Å². The van der Waals surface area contributed by atoms with Gasteiger partial charge < -0.3 is 10.2 Å². The number of nitrogens with two attached hydrogens (primary N) is 2. The molecule has 0 unspecified atom stereocenters. The van der Waals surface area contributed by atoms with E-state index in [2.05, 4.69) is 17.4 Å². The number of sulfonamides is 2. The number of hydrogen-bond donors (Lipinski definition) is 3. The summed E-state index contributed by atoms with van der Waals surface area (Å²) in [5.41, 5.74) is 0. The molecule has 0 saturated heterocycles. The van der Waals surface area contributed by atoms with Crippen LogP contribution in [0.1, 0.15) is 26.7 Å². The van der Waals surface area contributed by atoms with Gasteiger partial charge in [0.1, 0.15) is 0 Å². The molecular formula is C12H33ClN4O4S2. The smallest absolute Gasteiger partial charge is 0.209 e. The molecule has 0 aromatic heterocycles. The first-order chi connectivity index (χ1) is 10.4. The number of halogens is 1. The average Bonchev–Trinajstić information content (AvgIpc) is 2.43. The van der Waals surface area contributed by atoms with E-state index in [1.165, 1.54) is 0 Å². The lowest BCUT2D eigenvalue weighted by Crippen LogP contribution is -2.23. The fourth-order valence-corrected chi connectivity index (χ4v) is 2.32. The number of rotatable bonds is 9. The van der Waals surface area contributed by atoms with Gasteiger partial charge in [0.25, 0.3) is 0 Å². The molecule has 0 saturated carbocycles. The van der Waals surface area contributed by atoms with Gasteiger partial charge in [-0.2, -0.15) is 0 Å². The fourth-order valence-electron chi connectivity index (χ4n) is 0.950. The van der Waals surface area contributed by atoms with Crippen molar-refractivity contribution in [3.63, 3.8) is 0 Å². The minimum Gasteiger partial charge on any atom is -0.320 e. The van der Waals surface area contributed by atoms with E-state index in [-0.39, 0.29) is 11.5 Å². The Morgan fingerprint density at radius 2 is 1.39 bits per heavy atom. The normalized spacial score (nSPS) is 11.3. The van der Waals surface area contributed by atoms with Crippen molar-refractivity contribution in [3.05, 3.63) is 0 Å². The zero-order valence-corrected chi connectivity index (χ0v) is 17.0. The summed E-state index contributed by atoms with van der Waals surface area (Å²) in [5.74, 6) is 0.407.